The van der Waals surface area contributed by atoms with E-state index in [1.807, 2.05) is 6.92 Å². The van der Waals surface area contributed by atoms with Crippen molar-refractivity contribution in [1.29, 1.82) is 0 Å². The number of nitro groups is 1. The minimum Gasteiger partial charge on any atom is -0.489 e. The van der Waals surface area contributed by atoms with Crippen LogP contribution in [0.15, 0.2) is 30.4 Å². The van der Waals surface area contributed by atoms with Gasteiger partial charge < -0.3 is 14.8 Å². The highest BCUT2D eigenvalue weighted by molar-refractivity contribution is 5.44. The van der Waals surface area contributed by atoms with Crippen molar-refractivity contribution in [1.82, 2.24) is 5.32 Å². The lowest BCUT2D eigenvalue weighted by Gasteiger charge is -2.13. The van der Waals surface area contributed by atoms with Gasteiger partial charge in [0, 0.05) is 37.9 Å². The van der Waals surface area contributed by atoms with Gasteiger partial charge in [0.25, 0.3) is 5.69 Å². The van der Waals surface area contributed by atoms with E-state index in [0.717, 1.165) is 17.6 Å². The maximum absolute atomic E-state index is 10.9. The quantitative estimate of drug-likeness (QED) is 0.311. The zero-order valence-corrected chi connectivity index (χ0v) is 12.6. The van der Waals surface area contributed by atoms with E-state index in [2.05, 4.69) is 11.9 Å². The molecule has 0 aliphatic heterocycles. The highest BCUT2D eigenvalue weighted by atomic mass is 16.6. The van der Waals surface area contributed by atoms with Gasteiger partial charge in [0.15, 0.2) is 0 Å². The first kappa shape index (κ1) is 17.1. The number of ether oxygens (including phenoxy) is 2. The molecular formula is C15H22N2O4. The molecule has 0 radical (unpaired) electrons. The zero-order valence-electron chi connectivity index (χ0n) is 12.6. The summed E-state index contributed by atoms with van der Waals surface area (Å²) in [6.45, 7) is 8.04. The van der Waals surface area contributed by atoms with E-state index in [1.165, 1.54) is 12.1 Å². The first-order chi connectivity index (χ1) is 10.1. The Bertz CT molecular complexity index is 489. The third kappa shape index (κ3) is 5.93. The summed E-state index contributed by atoms with van der Waals surface area (Å²) < 4.78 is 10.6. The molecule has 116 valence electrons. The van der Waals surface area contributed by atoms with Gasteiger partial charge in [-0.2, -0.15) is 0 Å². The highest BCUT2D eigenvalue weighted by Crippen LogP contribution is 2.24. The molecule has 0 aliphatic carbocycles. The average Bonchev–Trinajstić information content (AvgIpc) is 2.49. The van der Waals surface area contributed by atoms with Crippen LogP contribution >= 0.6 is 0 Å². The van der Waals surface area contributed by atoms with Crippen molar-refractivity contribution in [2.45, 2.75) is 19.9 Å². The molecule has 0 heterocycles. The second kappa shape index (κ2) is 9.10. The molecule has 1 aromatic rings. The van der Waals surface area contributed by atoms with Gasteiger partial charge in [0.2, 0.25) is 0 Å². The van der Waals surface area contributed by atoms with Gasteiger partial charge in [-0.15, -0.1) is 0 Å². The molecule has 6 nitrogen and oxygen atoms in total. The molecule has 1 aromatic carbocycles. The number of non-ortho nitro benzene ring substituents is 1. The number of hydrogen-bond donors (Lipinski definition) is 1. The Labute approximate surface area is 124 Å². The van der Waals surface area contributed by atoms with Crippen LogP contribution < -0.4 is 10.1 Å². The summed E-state index contributed by atoms with van der Waals surface area (Å²) in [4.78, 5) is 10.5. The van der Waals surface area contributed by atoms with Crippen LogP contribution in [0, 0.1) is 10.1 Å². The van der Waals surface area contributed by atoms with E-state index in [4.69, 9.17) is 9.47 Å². The van der Waals surface area contributed by atoms with Crippen molar-refractivity contribution < 1.29 is 14.4 Å². The molecule has 6 heteroatoms. The molecule has 0 unspecified atom stereocenters. The smallest absolute Gasteiger partial charge is 0.270 e. The predicted molar refractivity (Wildman–Crippen MR) is 81.6 cm³/mol. The Kier molecular flexibility index (Phi) is 7.42. The summed E-state index contributed by atoms with van der Waals surface area (Å²) in [5.41, 5.74) is 1.79. The van der Waals surface area contributed by atoms with Crippen molar-refractivity contribution in [3.63, 3.8) is 0 Å². The first-order valence-electron chi connectivity index (χ1n) is 6.84. The highest BCUT2D eigenvalue weighted by Gasteiger charge is 2.11. The van der Waals surface area contributed by atoms with Crippen LogP contribution in [-0.2, 0) is 11.3 Å². The number of nitro benzene ring substituents is 1. The molecule has 0 atom stereocenters. The summed E-state index contributed by atoms with van der Waals surface area (Å²) in [7, 11) is 1.62. The summed E-state index contributed by atoms with van der Waals surface area (Å²) in [6, 6.07) is 4.61. The summed E-state index contributed by atoms with van der Waals surface area (Å²) in [6.07, 6.45) is 0.842. The number of methoxy groups -OCH3 is 1. The van der Waals surface area contributed by atoms with Crippen molar-refractivity contribution in [2.24, 2.45) is 0 Å². The molecule has 0 spiro atoms. The largest absolute Gasteiger partial charge is 0.489 e. The van der Waals surface area contributed by atoms with E-state index in [1.54, 1.807) is 13.2 Å². The summed E-state index contributed by atoms with van der Waals surface area (Å²) in [5.74, 6) is 0.639. The maximum atomic E-state index is 10.9. The molecule has 0 fully saturated rings. The van der Waals surface area contributed by atoms with Gasteiger partial charge in [0.05, 0.1) is 11.5 Å². The number of hydrogen-bond acceptors (Lipinski definition) is 5. The lowest BCUT2D eigenvalue weighted by molar-refractivity contribution is -0.384. The molecule has 0 saturated heterocycles. The maximum Gasteiger partial charge on any atom is 0.270 e. The van der Waals surface area contributed by atoms with Gasteiger partial charge in [0.1, 0.15) is 12.4 Å². The molecule has 21 heavy (non-hydrogen) atoms. The molecule has 0 aromatic heterocycles. The molecule has 0 aliphatic rings. The Hall–Kier alpha value is -1.92. The number of benzene rings is 1. The molecule has 0 amide bonds. The molecule has 0 bridgehead atoms. The van der Waals surface area contributed by atoms with Crippen molar-refractivity contribution in [3.05, 3.63) is 46.0 Å². The Balaban J connectivity index is 2.78. The fourth-order valence-electron chi connectivity index (χ4n) is 1.64. The summed E-state index contributed by atoms with van der Waals surface area (Å²) >= 11 is 0. The van der Waals surface area contributed by atoms with E-state index in [-0.39, 0.29) is 5.69 Å². The monoisotopic (exact) mass is 294 g/mol. The van der Waals surface area contributed by atoms with Crippen LogP contribution in [0.2, 0.25) is 0 Å². The lowest BCUT2D eigenvalue weighted by atomic mass is 10.1. The Morgan fingerprint density at radius 2 is 2.24 bits per heavy atom. The Morgan fingerprint density at radius 3 is 2.86 bits per heavy atom. The number of rotatable bonds is 10. The second-order valence-electron chi connectivity index (χ2n) is 4.61. The average molecular weight is 294 g/mol. The van der Waals surface area contributed by atoms with E-state index >= 15 is 0 Å². The molecular weight excluding hydrogens is 272 g/mol. The van der Waals surface area contributed by atoms with Crippen molar-refractivity contribution in [3.8, 4) is 5.75 Å². The van der Waals surface area contributed by atoms with Gasteiger partial charge in [-0.25, -0.2) is 0 Å². The fraction of sp³-hybridized carbons (Fsp3) is 0.467. The van der Waals surface area contributed by atoms with Gasteiger partial charge in [-0.1, -0.05) is 13.5 Å². The second-order valence-corrected chi connectivity index (χ2v) is 4.61. The number of nitrogens with one attached hydrogen (secondary N) is 1. The molecule has 1 N–H and O–H groups in total. The first-order valence-corrected chi connectivity index (χ1v) is 6.84. The van der Waals surface area contributed by atoms with E-state index in [0.29, 0.717) is 32.1 Å². The normalized spacial score (nSPS) is 10.4. The van der Waals surface area contributed by atoms with Crippen molar-refractivity contribution in [2.75, 3.05) is 26.9 Å². The third-order valence-corrected chi connectivity index (χ3v) is 2.99. The fourth-order valence-corrected chi connectivity index (χ4v) is 1.64. The summed E-state index contributed by atoms with van der Waals surface area (Å²) in [5, 5.41) is 14.0. The van der Waals surface area contributed by atoms with Gasteiger partial charge in [-0.3, -0.25) is 10.1 Å². The van der Waals surface area contributed by atoms with Crippen LogP contribution in [0.3, 0.4) is 0 Å². The standard InChI is InChI=1S/C15H22N2O4/c1-4-12(2)11-21-15-6-5-14(17(18)19)9-13(15)10-16-7-8-20-3/h5-6,9,16H,2,4,7-8,10-11H2,1,3H3. The van der Waals surface area contributed by atoms with E-state index in [9.17, 15) is 10.1 Å². The third-order valence-electron chi connectivity index (χ3n) is 2.99. The van der Waals surface area contributed by atoms with Crippen LogP contribution in [0.1, 0.15) is 18.9 Å². The van der Waals surface area contributed by atoms with Crippen molar-refractivity contribution >= 4 is 5.69 Å². The SMILES string of the molecule is C=C(CC)COc1ccc([N+](=O)[O-])cc1CNCCOC. The van der Waals surface area contributed by atoms with Gasteiger partial charge in [-0.05, 0) is 18.1 Å². The van der Waals surface area contributed by atoms with Crippen LogP contribution in [0.5, 0.6) is 5.75 Å². The zero-order chi connectivity index (χ0) is 15.7. The minimum atomic E-state index is -0.409. The predicted octanol–water partition coefficient (Wildman–Crippen LogP) is 2.68. The van der Waals surface area contributed by atoms with E-state index < -0.39 is 4.92 Å². The number of nitrogens with zero attached hydrogens (tertiary/aromatic N) is 1. The minimum absolute atomic E-state index is 0.0557. The van der Waals surface area contributed by atoms with Crippen LogP contribution in [0.4, 0.5) is 5.69 Å². The topological polar surface area (TPSA) is 73.6 Å². The lowest BCUT2D eigenvalue weighted by Crippen LogP contribution is -2.19. The van der Waals surface area contributed by atoms with Gasteiger partial charge >= 0.3 is 0 Å². The van der Waals surface area contributed by atoms with Crippen LogP contribution in [-0.4, -0.2) is 31.8 Å². The molecule has 1 rings (SSSR count). The van der Waals surface area contributed by atoms with Crippen LogP contribution in [0.25, 0.3) is 0 Å². The molecule has 0 saturated carbocycles. The Morgan fingerprint density at radius 1 is 1.48 bits per heavy atom.